The second-order valence-electron chi connectivity index (χ2n) is 5.31. The Morgan fingerprint density at radius 2 is 1.84 bits per heavy atom. The summed E-state index contributed by atoms with van der Waals surface area (Å²) in [6, 6.07) is 8.77. The molecule has 25 heavy (non-hydrogen) atoms. The second kappa shape index (κ2) is 8.68. The van der Waals surface area contributed by atoms with E-state index in [9.17, 15) is 9.59 Å². The predicted octanol–water partition coefficient (Wildman–Crippen LogP) is 2.03. The van der Waals surface area contributed by atoms with Gasteiger partial charge in [0.25, 0.3) is 5.91 Å². The minimum absolute atomic E-state index is 0.227. The van der Waals surface area contributed by atoms with Crippen LogP contribution in [0.15, 0.2) is 36.5 Å². The van der Waals surface area contributed by atoms with Crippen LogP contribution < -0.4 is 20.1 Å². The van der Waals surface area contributed by atoms with E-state index in [4.69, 9.17) is 9.47 Å². The number of nitrogens with zero attached hydrogens (tertiary/aromatic N) is 1. The molecule has 0 aliphatic carbocycles. The van der Waals surface area contributed by atoms with E-state index in [-0.39, 0.29) is 11.8 Å². The van der Waals surface area contributed by atoms with Crippen LogP contribution in [0.1, 0.15) is 22.8 Å². The Balaban J connectivity index is 1.93. The molecule has 7 nitrogen and oxygen atoms in total. The standard InChI is InChI=1S/C18H21N3O4/c1-12(22)21-17-11-14(7-9-19-17)18(23)20-8-6-13-4-5-15(24-2)16(10-13)25-3/h4-5,7,9-11H,6,8H2,1-3H3,(H,20,23)(H,19,21,22). The Kier molecular flexibility index (Phi) is 6.33. The number of pyridine rings is 1. The van der Waals surface area contributed by atoms with Gasteiger partial charge in [0.05, 0.1) is 14.2 Å². The lowest BCUT2D eigenvalue weighted by atomic mass is 10.1. The Hall–Kier alpha value is -3.09. The summed E-state index contributed by atoms with van der Waals surface area (Å²) < 4.78 is 10.5. The average molecular weight is 343 g/mol. The third-order valence-corrected chi connectivity index (χ3v) is 3.47. The van der Waals surface area contributed by atoms with Crippen LogP contribution in [0, 0.1) is 0 Å². The van der Waals surface area contributed by atoms with E-state index in [0.29, 0.717) is 35.8 Å². The number of carbonyl (C=O) groups is 2. The molecule has 0 bridgehead atoms. The topological polar surface area (TPSA) is 89.5 Å². The molecule has 2 N–H and O–H groups in total. The molecule has 0 unspecified atom stereocenters. The van der Waals surface area contributed by atoms with Crippen LogP contribution in [0.25, 0.3) is 0 Å². The van der Waals surface area contributed by atoms with Crippen LogP contribution in [0.3, 0.4) is 0 Å². The highest BCUT2D eigenvalue weighted by Crippen LogP contribution is 2.27. The minimum Gasteiger partial charge on any atom is -0.493 e. The molecule has 2 rings (SSSR count). The number of hydrogen-bond acceptors (Lipinski definition) is 5. The molecule has 2 amide bonds. The number of hydrogen-bond donors (Lipinski definition) is 2. The quantitative estimate of drug-likeness (QED) is 0.803. The van der Waals surface area contributed by atoms with Crippen molar-refractivity contribution in [2.75, 3.05) is 26.1 Å². The summed E-state index contributed by atoms with van der Waals surface area (Å²) in [6.07, 6.45) is 2.13. The van der Waals surface area contributed by atoms with Crippen molar-refractivity contribution >= 4 is 17.6 Å². The van der Waals surface area contributed by atoms with Gasteiger partial charge in [0.15, 0.2) is 11.5 Å². The van der Waals surface area contributed by atoms with Crippen LogP contribution >= 0.6 is 0 Å². The molecule has 0 aliphatic rings. The number of methoxy groups -OCH3 is 2. The largest absolute Gasteiger partial charge is 0.493 e. The van der Waals surface area contributed by atoms with Crippen LogP contribution in [-0.4, -0.2) is 37.6 Å². The zero-order valence-corrected chi connectivity index (χ0v) is 14.5. The molecule has 2 aromatic rings. The van der Waals surface area contributed by atoms with E-state index in [1.807, 2.05) is 18.2 Å². The molecule has 1 heterocycles. The Bertz CT molecular complexity index is 762. The van der Waals surface area contributed by atoms with Crippen LogP contribution in [0.2, 0.25) is 0 Å². The maximum Gasteiger partial charge on any atom is 0.251 e. The van der Waals surface area contributed by atoms with Gasteiger partial charge in [0.2, 0.25) is 5.91 Å². The van der Waals surface area contributed by atoms with Crippen molar-refractivity contribution in [3.63, 3.8) is 0 Å². The first-order valence-corrected chi connectivity index (χ1v) is 7.76. The zero-order chi connectivity index (χ0) is 18.2. The molecule has 0 fully saturated rings. The minimum atomic E-state index is -0.237. The molecular formula is C18H21N3O4. The maximum absolute atomic E-state index is 12.2. The normalized spacial score (nSPS) is 10.0. The summed E-state index contributed by atoms with van der Waals surface area (Å²) in [5, 5.41) is 5.39. The van der Waals surface area contributed by atoms with Crippen molar-refractivity contribution < 1.29 is 19.1 Å². The van der Waals surface area contributed by atoms with Gasteiger partial charge in [-0.3, -0.25) is 9.59 Å². The third-order valence-electron chi connectivity index (χ3n) is 3.47. The van der Waals surface area contributed by atoms with Crippen LogP contribution in [0.5, 0.6) is 11.5 Å². The van der Waals surface area contributed by atoms with Crippen LogP contribution in [-0.2, 0) is 11.2 Å². The molecule has 1 aromatic carbocycles. The predicted molar refractivity (Wildman–Crippen MR) is 94.1 cm³/mol. The molecule has 0 aliphatic heterocycles. The molecule has 0 saturated carbocycles. The van der Waals surface area contributed by atoms with Gasteiger partial charge in [-0.15, -0.1) is 0 Å². The summed E-state index contributed by atoms with van der Waals surface area (Å²) in [7, 11) is 3.17. The number of aromatic nitrogens is 1. The van der Waals surface area contributed by atoms with Gasteiger partial charge < -0.3 is 20.1 Å². The zero-order valence-electron chi connectivity index (χ0n) is 14.5. The number of rotatable bonds is 7. The average Bonchev–Trinajstić information content (AvgIpc) is 2.61. The van der Waals surface area contributed by atoms with Gasteiger partial charge in [0.1, 0.15) is 5.82 Å². The van der Waals surface area contributed by atoms with Gasteiger partial charge in [0, 0.05) is 25.2 Å². The Labute approximate surface area is 146 Å². The number of benzene rings is 1. The fraction of sp³-hybridized carbons (Fsp3) is 0.278. The van der Waals surface area contributed by atoms with Gasteiger partial charge in [-0.2, -0.15) is 0 Å². The van der Waals surface area contributed by atoms with E-state index in [0.717, 1.165) is 5.56 Å². The summed E-state index contributed by atoms with van der Waals surface area (Å²) >= 11 is 0. The summed E-state index contributed by atoms with van der Waals surface area (Å²) in [5.74, 6) is 1.20. The van der Waals surface area contributed by atoms with E-state index in [1.54, 1.807) is 20.3 Å². The first-order valence-electron chi connectivity index (χ1n) is 7.76. The number of nitrogens with one attached hydrogen (secondary N) is 2. The van der Waals surface area contributed by atoms with Crippen molar-refractivity contribution in [3.05, 3.63) is 47.7 Å². The number of amides is 2. The fourth-order valence-electron chi connectivity index (χ4n) is 2.28. The Morgan fingerprint density at radius 1 is 1.08 bits per heavy atom. The molecular weight excluding hydrogens is 322 g/mol. The lowest BCUT2D eigenvalue weighted by Crippen LogP contribution is -2.26. The third kappa shape index (κ3) is 5.20. The molecule has 132 valence electrons. The smallest absolute Gasteiger partial charge is 0.251 e. The molecule has 0 atom stereocenters. The highest BCUT2D eigenvalue weighted by molar-refractivity contribution is 5.96. The van der Waals surface area contributed by atoms with Gasteiger partial charge >= 0.3 is 0 Å². The van der Waals surface area contributed by atoms with Crippen molar-refractivity contribution in [3.8, 4) is 11.5 Å². The summed E-state index contributed by atoms with van der Waals surface area (Å²) in [6.45, 7) is 1.85. The van der Waals surface area contributed by atoms with E-state index in [1.165, 1.54) is 19.2 Å². The highest BCUT2D eigenvalue weighted by atomic mass is 16.5. The summed E-state index contributed by atoms with van der Waals surface area (Å²) in [5.41, 5.74) is 1.46. The maximum atomic E-state index is 12.2. The van der Waals surface area contributed by atoms with E-state index < -0.39 is 0 Å². The van der Waals surface area contributed by atoms with Gasteiger partial charge in [-0.25, -0.2) is 4.98 Å². The van der Waals surface area contributed by atoms with Crippen molar-refractivity contribution in [1.29, 1.82) is 0 Å². The summed E-state index contributed by atoms with van der Waals surface area (Å²) in [4.78, 5) is 27.2. The fourth-order valence-corrected chi connectivity index (χ4v) is 2.28. The molecule has 0 radical (unpaired) electrons. The van der Waals surface area contributed by atoms with Crippen molar-refractivity contribution in [2.45, 2.75) is 13.3 Å². The first kappa shape index (κ1) is 18.3. The van der Waals surface area contributed by atoms with Crippen molar-refractivity contribution in [1.82, 2.24) is 10.3 Å². The lowest BCUT2D eigenvalue weighted by Gasteiger charge is -2.10. The first-order chi connectivity index (χ1) is 12.0. The molecule has 7 heteroatoms. The SMILES string of the molecule is COc1ccc(CCNC(=O)c2ccnc(NC(C)=O)c2)cc1OC. The lowest BCUT2D eigenvalue weighted by molar-refractivity contribution is -0.114. The van der Waals surface area contributed by atoms with E-state index >= 15 is 0 Å². The van der Waals surface area contributed by atoms with Crippen molar-refractivity contribution in [2.24, 2.45) is 0 Å². The highest BCUT2D eigenvalue weighted by Gasteiger charge is 2.08. The molecule has 0 saturated heterocycles. The number of anilines is 1. The van der Waals surface area contributed by atoms with Gasteiger partial charge in [-0.1, -0.05) is 6.07 Å². The van der Waals surface area contributed by atoms with E-state index in [2.05, 4.69) is 15.6 Å². The second-order valence-corrected chi connectivity index (χ2v) is 5.31. The van der Waals surface area contributed by atoms with Gasteiger partial charge in [-0.05, 0) is 36.2 Å². The Morgan fingerprint density at radius 3 is 2.52 bits per heavy atom. The number of carbonyl (C=O) groups excluding carboxylic acids is 2. The molecule has 0 spiro atoms. The number of ether oxygens (including phenoxy) is 2. The van der Waals surface area contributed by atoms with Crippen LogP contribution in [0.4, 0.5) is 5.82 Å². The monoisotopic (exact) mass is 343 g/mol. The molecule has 1 aromatic heterocycles.